The average Bonchev–Trinajstić information content (AvgIpc) is 2.52. The fourth-order valence-electron chi connectivity index (χ4n) is 2.07. The maximum atomic E-state index is 12.3. The molecule has 0 heterocycles. The Morgan fingerprint density at radius 3 is 2.57 bits per heavy atom. The molecule has 1 amide bonds. The second kappa shape index (κ2) is 8.64. The highest BCUT2D eigenvalue weighted by atomic mass is 16.5. The first kappa shape index (κ1) is 18.3. The largest absolute Gasteiger partial charge is 0.481 e. The van der Waals surface area contributed by atoms with Crippen molar-refractivity contribution >= 4 is 24.1 Å². The lowest BCUT2D eigenvalue weighted by Gasteiger charge is -2.17. The van der Waals surface area contributed by atoms with E-state index in [2.05, 4.69) is 10.1 Å². The van der Waals surface area contributed by atoms with Crippen molar-refractivity contribution in [3.8, 4) is 0 Å². The van der Waals surface area contributed by atoms with Crippen molar-refractivity contribution in [3.05, 3.63) is 35.4 Å². The maximum Gasteiger partial charge on any atom is 0.328 e. The fraction of sp³-hybridized carbons (Fsp3) is 0.333. The number of esters is 1. The summed E-state index contributed by atoms with van der Waals surface area (Å²) < 4.78 is 4.59. The van der Waals surface area contributed by atoms with Crippen LogP contribution < -0.4 is 11.1 Å². The van der Waals surface area contributed by atoms with E-state index in [1.807, 2.05) is 0 Å². The molecule has 0 saturated heterocycles. The van der Waals surface area contributed by atoms with Gasteiger partial charge in [0.1, 0.15) is 6.04 Å². The van der Waals surface area contributed by atoms with Gasteiger partial charge in [-0.05, 0) is 5.56 Å². The minimum absolute atomic E-state index is 0.0210. The number of ketones is 1. The number of carboxylic acids is 1. The number of methoxy groups -OCH3 is 1. The Morgan fingerprint density at radius 1 is 1.35 bits per heavy atom. The molecule has 0 aliphatic heterocycles. The fourth-order valence-corrected chi connectivity index (χ4v) is 2.07. The van der Waals surface area contributed by atoms with Gasteiger partial charge in [0.05, 0.1) is 19.6 Å². The van der Waals surface area contributed by atoms with Crippen molar-refractivity contribution in [3.63, 3.8) is 0 Å². The van der Waals surface area contributed by atoms with Crippen LogP contribution in [0.2, 0.25) is 0 Å². The monoisotopic (exact) mass is 322 g/mol. The van der Waals surface area contributed by atoms with Crippen LogP contribution in [0.4, 0.5) is 0 Å². The molecule has 1 aromatic rings. The summed E-state index contributed by atoms with van der Waals surface area (Å²) in [6.45, 7) is 0. The number of ether oxygens (including phenoxy) is 1. The molecule has 8 heteroatoms. The third-order valence-corrected chi connectivity index (χ3v) is 3.19. The van der Waals surface area contributed by atoms with Crippen molar-refractivity contribution < 1.29 is 29.0 Å². The van der Waals surface area contributed by atoms with E-state index in [0.29, 0.717) is 12.0 Å². The first-order chi connectivity index (χ1) is 10.9. The Morgan fingerprint density at radius 2 is 2.00 bits per heavy atom. The third-order valence-electron chi connectivity index (χ3n) is 3.19. The molecule has 124 valence electrons. The number of nitrogens with one attached hydrogen (secondary N) is 1. The van der Waals surface area contributed by atoms with Gasteiger partial charge in [0, 0.05) is 12.0 Å². The van der Waals surface area contributed by atoms with E-state index in [1.54, 1.807) is 18.2 Å². The Balaban J connectivity index is 3.04. The van der Waals surface area contributed by atoms with Crippen molar-refractivity contribution in [1.29, 1.82) is 0 Å². The van der Waals surface area contributed by atoms with Crippen LogP contribution in [0.15, 0.2) is 24.3 Å². The SMILES string of the molecule is COC(=O)C(Cc1ccccc1C(=O)C(N)CC(=O)O)NC=O. The molecule has 0 radical (unpaired) electrons. The van der Waals surface area contributed by atoms with Crippen LogP contribution in [0.25, 0.3) is 0 Å². The number of carbonyl (C=O) groups excluding carboxylic acids is 3. The van der Waals surface area contributed by atoms with Crippen LogP contribution in [0, 0.1) is 0 Å². The Labute approximate surface area is 132 Å². The van der Waals surface area contributed by atoms with Gasteiger partial charge in [0.25, 0.3) is 0 Å². The molecule has 23 heavy (non-hydrogen) atoms. The van der Waals surface area contributed by atoms with Gasteiger partial charge in [-0.25, -0.2) is 4.79 Å². The van der Waals surface area contributed by atoms with Gasteiger partial charge in [-0.2, -0.15) is 0 Å². The normalized spacial score (nSPS) is 12.8. The number of nitrogens with two attached hydrogens (primary N) is 1. The molecule has 0 spiro atoms. The molecule has 0 aromatic heterocycles. The predicted molar refractivity (Wildman–Crippen MR) is 79.7 cm³/mol. The molecule has 0 fully saturated rings. The number of carbonyl (C=O) groups is 4. The molecule has 0 saturated carbocycles. The van der Waals surface area contributed by atoms with Gasteiger partial charge in [-0.3, -0.25) is 14.4 Å². The van der Waals surface area contributed by atoms with Crippen molar-refractivity contribution in [2.75, 3.05) is 7.11 Å². The lowest BCUT2D eigenvalue weighted by atomic mass is 9.94. The van der Waals surface area contributed by atoms with E-state index in [-0.39, 0.29) is 12.0 Å². The summed E-state index contributed by atoms with van der Waals surface area (Å²) in [6.07, 6.45) is -0.116. The Kier molecular flexibility index (Phi) is 6.88. The second-order valence-corrected chi connectivity index (χ2v) is 4.79. The summed E-state index contributed by atoms with van der Waals surface area (Å²) in [5.41, 5.74) is 6.27. The summed E-state index contributed by atoms with van der Waals surface area (Å²) in [4.78, 5) is 45.2. The van der Waals surface area contributed by atoms with Gasteiger partial charge in [0.15, 0.2) is 5.78 Å². The Bertz CT molecular complexity index is 601. The highest BCUT2D eigenvalue weighted by molar-refractivity contribution is 6.02. The van der Waals surface area contributed by atoms with Crippen LogP contribution in [-0.2, 0) is 25.5 Å². The van der Waals surface area contributed by atoms with E-state index in [4.69, 9.17) is 10.8 Å². The molecular formula is C15H18N2O6. The number of benzene rings is 1. The molecule has 4 N–H and O–H groups in total. The number of Topliss-reactive ketones (excluding diaryl/α,β-unsaturated/α-hetero) is 1. The van der Waals surface area contributed by atoms with Crippen molar-refractivity contribution in [2.24, 2.45) is 5.73 Å². The van der Waals surface area contributed by atoms with Crippen LogP contribution in [-0.4, -0.2) is 48.4 Å². The molecule has 2 atom stereocenters. The molecule has 1 rings (SSSR count). The van der Waals surface area contributed by atoms with E-state index < -0.39 is 36.2 Å². The maximum absolute atomic E-state index is 12.3. The zero-order valence-electron chi connectivity index (χ0n) is 12.5. The molecule has 2 unspecified atom stereocenters. The van der Waals surface area contributed by atoms with Crippen LogP contribution in [0.5, 0.6) is 0 Å². The van der Waals surface area contributed by atoms with Crippen LogP contribution in [0.1, 0.15) is 22.3 Å². The lowest BCUT2D eigenvalue weighted by Crippen LogP contribution is -2.39. The summed E-state index contributed by atoms with van der Waals surface area (Å²) in [7, 11) is 1.18. The minimum atomic E-state index is -1.19. The smallest absolute Gasteiger partial charge is 0.328 e. The van der Waals surface area contributed by atoms with E-state index in [0.717, 1.165) is 0 Å². The summed E-state index contributed by atoms with van der Waals surface area (Å²) in [5.74, 6) is -2.38. The summed E-state index contributed by atoms with van der Waals surface area (Å²) in [5, 5.41) is 11.0. The van der Waals surface area contributed by atoms with Crippen molar-refractivity contribution in [1.82, 2.24) is 5.32 Å². The van der Waals surface area contributed by atoms with Gasteiger partial charge >= 0.3 is 11.9 Å². The summed E-state index contributed by atoms with van der Waals surface area (Å²) >= 11 is 0. The van der Waals surface area contributed by atoms with Gasteiger partial charge in [0.2, 0.25) is 6.41 Å². The third kappa shape index (κ3) is 5.19. The predicted octanol–water partition coefficient (Wildman–Crippen LogP) is -0.499. The number of carboxylic acid groups (broad SMARTS) is 1. The topological polar surface area (TPSA) is 136 Å². The lowest BCUT2D eigenvalue weighted by molar-refractivity contribution is -0.144. The molecule has 0 bridgehead atoms. The number of aliphatic carboxylic acids is 1. The zero-order valence-corrected chi connectivity index (χ0v) is 12.5. The average molecular weight is 322 g/mol. The van der Waals surface area contributed by atoms with Gasteiger partial charge in [-0.1, -0.05) is 24.3 Å². The summed E-state index contributed by atoms with van der Waals surface area (Å²) in [6, 6.07) is 4.21. The molecule has 0 aliphatic rings. The van der Waals surface area contributed by atoms with Gasteiger partial charge in [-0.15, -0.1) is 0 Å². The van der Waals surface area contributed by atoms with Crippen LogP contribution in [0.3, 0.4) is 0 Å². The highest BCUT2D eigenvalue weighted by Crippen LogP contribution is 2.15. The van der Waals surface area contributed by atoms with E-state index in [1.165, 1.54) is 13.2 Å². The number of hydrogen-bond donors (Lipinski definition) is 3. The molecule has 0 aliphatic carbocycles. The number of hydrogen-bond acceptors (Lipinski definition) is 6. The quantitative estimate of drug-likeness (QED) is 0.317. The van der Waals surface area contributed by atoms with Gasteiger partial charge < -0.3 is 20.9 Å². The number of rotatable bonds is 9. The first-order valence-corrected chi connectivity index (χ1v) is 6.77. The molecule has 1 aromatic carbocycles. The van der Waals surface area contributed by atoms with E-state index in [9.17, 15) is 19.2 Å². The molecular weight excluding hydrogens is 304 g/mol. The van der Waals surface area contributed by atoms with Crippen molar-refractivity contribution in [2.45, 2.75) is 24.9 Å². The standard InChI is InChI=1S/C15H18N2O6/c1-23-15(22)12(17-8-18)6-9-4-2-3-5-10(9)14(21)11(16)7-13(19)20/h2-5,8,11-12H,6-7,16H2,1H3,(H,17,18)(H,19,20). The van der Waals surface area contributed by atoms with E-state index >= 15 is 0 Å². The Hall–Kier alpha value is -2.74. The van der Waals surface area contributed by atoms with Crippen LogP contribution >= 0.6 is 0 Å². The minimum Gasteiger partial charge on any atom is -0.481 e. The highest BCUT2D eigenvalue weighted by Gasteiger charge is 2.24. The first-order valence-electron chi connectivity index (χ1n) is 6.77. The zero-order chi connectivity index (χ0) is 17.4. The number of amides is 1. The second-order valence-electron chi connectivity index (χ2n) is 4.79. The molecule has 8 nitrogen and oxygen atoms in total.